The second kappa shape index (κ2) is 13.1. The summed E-state index contributed by atoms with van der Waals surface area (Å²) >= 11 is 0. The molecule has 4 rings (SSSR count). The molecule has 0 unspecified atom stereocenters. The molecule has 2 heterocycles. The number of amides is 3. The first-order valence-corrected chi connectivity index (χ1v) is 13.6. The quantitative estimate of drug-likeness (QED) is 0.639. The maximum absolute atomic E-state index is 13.6. The Morgan fingerprint density at radius 3 is 2.44 bits per heavy atom. The number of fused-ring (bicyclic) bond motifs is 1. The minimum absolute atomic E-state index is 0.0398. The van der Waals surface area contributed by atoms with Gasteiger partial charge in [-0.3, -0.25) is 14.4 Å². The molecule has 2 aromatic carbocycles. The van der Waals surface area contributed by atoms with Gasteiger partial charge in [0, 0.05) is 69.6 Å². The molecule has 9 nitrogen and oxygen atoms in total. The maximum atomic E-state index is 13.6. The smallest absolute Gasteiger partial charge is 0.257 e. The minimum atomic E-state index is -0.293. The standard InChI is InChI=1S/C30H39N3O6/c1-20-17-33(29(35)23-8-6-5-7-9-23)21(2)19-39-26-16-24(31-28(34)22-12-14-38-15-13-22)10-11-25(26)30(36)32(3)18-27(20)37-4/h5-11,16,20-22,27H,12-15,17-19H2,1-4H3,(H,31,34)/t20-,21+,27+/m0/s1. The number of carbonyl (C=O) groups is 3. The van der Waals surface area contributed by atoms with Crippen molar-refractivity contribution in [2.45, 2.75) is 38.8 Å². The lowest BCUT2D eigenvalue weighted by molar-refractivity contribution is -0.122. The fourth-order valence-corrected chi connectivity index (χ4v) is 5.08. The summed E-state index contributed by atoms with van der Waals surface area (Å²) in [5.74, 6) is -0.154. The van der Waals surface area contributed by atoms with Gasteiger partial charge in [0.1, 0.15) is 12.4 Å². The molecule has 0 radical (unpaired) electrons. The van der Waals surface area contributed by atoms with Crippen molar-refractivity contribution in [2.75, 3.05) is 52.4 Å². The van der Waals surface area contributed by atoms with Crippen molar-refractivity contribution in [1.29, 1.82) is 0 Å². The van der Waals surface area contributed by atoms with Crippen molar-refractivity contribution in [3.8, 4) is 5.75 Å². The third kappa shape index (κ3) is 6.96. The van der Waals surface area contributed by atoms with Crippen molar-refractivity contribution in [2.24, 2.45) is 11.8 Å². The van der Waals surface area contributed by atoms with E-state index in [9.17, 15) is 14.4 Å². The van der Waals surface area contributed by atoms with E-state index in [-0.39, 0.29) is 48.3 Å². The normalized spacial score (nSPS) is 23.2. The van der Waals surface area contributed by atoms with Crippen LogP contribution < -0.4 is 10.1 Å². The van der Waals surface area contributed by atoms with Crippen LogP contribution in [0.2, 0.25) is 0 Å². The average Bonchev–Trinajstić information content (AvgIpc) is 2.97. The molecule has 3 atom stereocenters. The maximum Gasteiger partial charge on any atom is 0.257 e. The number of benzene rings is 2. The Kier molecular flexibility index (Phi) is 9.59. The third-order valence-corrected chi connectivity index (χ3v) is 7.59. The molecule has 9 heteroatoms. The first-order chi connectivity index (χ1) is 18.8. The van der Waals surface area contributed by atoms with Gasteiger partial charge in [0.15, 0.2) is 0 Å². The molecule has 0 aromatic heterocycles. The summed E-state index contributed by atoms with van der Waals surface area (Å²) < 4.78 is 17.4. The van der Waals surface area contributed by atoms with E-state index in [1.54, 1.807) is 49.4 Å². The molecule has 1 fully saturated rings. The van der Waals surface area contributed by atoms with Gasteiger partial charge in [-0.15, -0.1) is 0 Å². The zero-order valence-electron chi connectivity index (χ0n) is 23.2. The SMILES string of the molecule is CO[C@@H]1CN(C)C(=O)c2ccc(NC(=O)C3CCOCC3)cc2OC[C@@H](C)N(C(=O)c2ccccc2)C[C@@H]1C. The van der Waals surface area contributed by atoms with Crippen molar-refractivity contribution in [3.63, 3.8) is 0 Å². The van der Waals surface area contributed by atoms with Gasteiger partial charge in [-0.05, 0) is 44.0 Å². The van der Waals surface area contributed by atoms with Crippen LogP contribution in [0.1, 0.15) is 47.4 Å². The van der Waals surface area contributed by atoms with Gasteiger partial charge < -0.3 is 29.3 Å². The Hall–Kier alpha value is -3.43. The van der Waals surface area contributed by atoms with Gasteiger partial charge in [-0.2, -0.15) is 0 Å². The van der Waals surface area contributed by atoms with E-state index < -0.39 is 0 Å². The number of likely N-dealkylation sites (N-methyl/N-ethyl adjacent to an activating group) is 1. The molecular weight excluding hydrogens is 498 g/mol. The van der Waals surface area contributed by atoms with Crippen LogP contribution in [0.5, 0.6) is 5.75 Å². The van der Waals surface area contributed by atoms with Gasteiger partial charge in [-0.1, -0.05) is 25.1 Å². The van der Waals surface area contributed by atoms with E-state index in [2.05, 4.69) is 5.32 Å². The van der Waals surface area contributed by atoms with E-state index in [1.165, 1.54) is 0 Å². The van der Waals surface area contributed by atoms with E-state index in [0.29, 0.717) is 61.7 Å². The van der Waals surface area contributed by atoms with E-state index in [1.807, 2.05) is 36.9 Å². The largest absolute Gasteiger partial charge is 0.491 e. The Morgan fingerprint density at radius 1 is 1.03 bits per heavy atom. The highest BCUT2D eigenvalue weighted by molar-refractivity contribution is 5.99. The van der Waals surface area contributed by atoms with E-state index in [4.69, 9.17) is 14.2 Å². The highest BCUT2D eigenvalue weighted by atomic mass is 16.5. The minimum Gasteiger partial charge on any atom is -0.491 e. The summed E-state index contributed by atoms with van der Waals surface area (Å²) in [5.41, 5.74) is 1.54. The topological polar surface area (TPSA) is 97.4 Å². The lowest BCUT2D eigenvalue weighted by atomic mass is 9.99. The second-order valence-electron chi connectivity index (χ2n) is 10.5. The lowest BCUT2D eigenvalue weighted by Gasteiger charge is -2.36. The van der Waals surface area contributed by atoms with Gasteiger partial charge in [0.05, 0.1) is 17.7 Å². The number of hydrogen-bond donors (Lipinski definition) is 1. The first kappa shape index (κ1) is 28.6. The zero-order chi connectivity index (χ0) is 27.9. The fraction of sp³-hybridized carbons (Fsp3) is 0.500. The molecule has 1 saturated heterocycles. The Balaban J connectivity index is 1.63. The Labute approximate surface area is 230 Å². The molecule has 210 valence electrons. The monoisotopic (exact) mass is 537 g/mol. The molecule has 0 bridgehead atoms. The van der Waals surface area contributed by atoms with Gasteiger partial charge in [0.2, 0.25) is 5.91 Å². The summed E-state index contributed by atoms with van der Waals surface area (Å²) in [6.45, 7) is 6.06. The molecule has 3 amide bonds. The van der Waals surface area contributed by atoms with Crippen LogP contribution in [0.25, 0.3) is 0 Å². The van der Waals surface area contributed by atoms with Crippen molar-refractivity contribution < 1.29 is 28.6 Å². The van der Waals surface area contributed by atoms with Crippen molar-refractivity contribution >= 4 is 23.4 Å². The summed E-state index contributed by atoms with van der Waals surface area (Å²) in [6, 6.07) is 14.0. The van der Waals surface area contributed by atoms with Crippen LogP contribution in [-0.2, 0) is 14.3 Å². The van der Waals surface area contributed by atoms with Crippen LogP contribution in [0.4, 0.5) is 5.69 Å². The summed E-state index contributed by atoms with van der Waals surface area (Å²) in [7, 11) is 3.36. The predicted octanol–water partition coefficient (Wildman–Crippen LogP) is 3.70. The van der Waals surface area contributed by atoms with Crippen LogP contribution in [0.3, 0.4) is 0 Å². The lowest BCUT2D eigenvalue weighted by Crippen LogP contribution is -2.48. The molecular formula is C30H39N3O6. The number of rotatable bonds is 4. The van der Waals surface area contributed by atoms with Crippen molar-refractivity contribution in [1.82, 2.24) is 9.80 Å². The third-order valence-electron chi connectivity index (χ3n) is 7.59. The van der Waals surface area contributed by atoms with E-state index in [0.717, 1.165) is 0 Å². The number of ether oxygens (including phenoxy) is 3. The number of anilines is 1. The van der Waals surface area contributed by atoms with Crippen molar-refractivity contribution in [3.05, 3.63) is 59.7 Å². The molecule has 2 aliphatic rings. The van der Waals surface area contributed by atoms with Crippen LogP contribution in [-0.4, -0.2) is 86.7 Å². The Morgan fingerprint density at radius 2 is 1.74 bits per heavy atom. The Bertz CT molecular complexity index is 1150. The van der Waals surface area contributed by atoms with Gasteiger partial charge in [0.25, 0.3) is 11.8 Å². The highest BCUT2D eigenvalue weighted by Crippen LogP contribution is 2.28. The second-order valence-corrected chi connectivity index (χ2v) is 10.5. The van der Waals surface area contributed by atoms with Crippen LogP contribution in [0.15, 0.2) is 48.5 Å². The first-order valence-electron chi connectivity index (χ1n) is 13.6. The van der Waals surface area contributed by atoms with Gasteiger partial charge in [-0.25, -0.2) is 0 Å². The fourth-order valence-electron chi connectivity index (χ4n) is 5.08. The molecule has 39 heavy (non-hydrogen) atoms. The highest BCUT2D eigenvalue weighted by Gasteiger charge is 2.31. The molecule has 2 aliphatic heterocycles. The number of nitrogens with one attached hydrogen (secondary N) is 1. The van der Waals surface area contributed by atoms with Crippen LogP contribution in [0, 0.1) is 11.8 Å². The number of carbonyl (C=O) groups excluding carboxylic acids is 3. The number of methoxy groups -OCH3 is 1. The molecule has 2 aromatic rings. The summed E-state index contributed by atoms with van der Waals surface area (Å²) in [6.07, 6.45) is 1.08. The predicted molar refractivity (Wildman–Crippen MR) is 148 cm³/mol. The molecule has 0 saturated carbocycles. The number of hydrogen-bond acceptors (Lipinski definition) is 6. The van der Waals surface area contributed by atoms with Crippen LogP contribution >= 0.6 is 0 Å². The van der Waals surface area contributed by atoms with E-state index >= 15 is 0 Å². The summed E-state index contributed by atoms with van der Waals surface area (Å²) in [5, 5.41) is 2.97. The van der Waals surface area contributed by atoms with Gasteiger partial charge >= 0.3 is 0 Å². The zero-order valence-corrected chi connectivity index (χ0v) is 23.2. The summed E-state index contributed by atoms with van der Waals surface area (Å²) in [4.78, 5) is 43.3. The molecule has 1 N–H and O–H groups in total. The average molecular weight is 538 g/mol. The molecule has 0 aliphatic carbocycles. The number of nitrogens with zero attached hydrogens (tertiary/aromatic N) is 2. The molecule has 0 spiro atoms.